The summed E-state index contributed by atoms with van der Waals surface area (Å²) in [7, 11) is 1.47. The van der Waals surface area contributed by atoms with Crippen molar-refractivity contribution in [2.24, 2.45) is 0 Å². The number of rotatable bonds is 9. The van der Waals surface area contributed by atoms with Crippen LogP contribution in [0.25, 0.3) is 27.6 Å². The number of halogens is 2. The number of aromatic nitrogens is 4. The average Bonchev–Trinajstić information content (AvgIpc) is 3.44. The summed E-state index contributed by atoms with van der Waals surface area (Å²) in [5.41, 5.74) is 5.72. The molecule has 0 radical (unpaired) electrons. The number of hydroxylamine groups is 1. The van der Waals surface area contributed by atoms with Gasteiger partial charge in [0.25, 0.3) is 5.56 Å². The lowest BCUT2D eigenvalue weighted by atomic mass is 9.85. The lowest BCUT2D eigenvalue weighted by molar-refractivity contribution is -0.141. The Balaban J connectivity index is 1.33. The van der Waals surface area contributed by atoms with Crippen LogP contribution in [0.5, 0.6) is 0 Å². The van der Waals surface area contributed by atoms with Crippen molar-refractivity contribution in [1.29, 1.82) is 0 Å². The quantitative estimate of drug-likeness (QED) is 0.147. The highest BCUT2D eigenvalue weighted by Crippen LogP contribution is 2.38. The normalized spacial score (nSPS) is 19.7. The maximum atomic E-state index is 13.9. The Morgan fingerprint density at radius 2 is 1.95 bits per heavy atom. The van der Waals surface area contributed by atoms with E-state index in [1.807, 2.05) is 37.3 Å². The molecule has 43 heavy (non-hydrogen) atoms. The number of nitrogens with zero attached hydrogens (tertiary/aromatic N) is 3. The number of ether oxygens (including phenoxy) is 1. The van der Waals surface area contributed by atoms with Gasteiger partial charge >= 0.3 is 0 Å². The minimum Gasteiger partial charge on any atom is -0.368 e. The first-order valence-electron chi connectivity index (χ1n) is 14.3. The Bertz CT molecular complexity index is 1830. The van der Waals surface area contributed by atoms with Crippen molar-refractivity contribution in [2.75, 3.05) is 13.7 Å². The molecule has 3 atom stereocenters. The van der Waals surface area contributed by atoms with Gasteiger partial charge in [-0.3, -0.25) is 14.2 Å². The molecule has 1 aliphatic heterocycles. The molecule has 9 nitrogen and oxygen atoms in total. The molecule has 1 fully saturated rings. The van der Waals surface area contributed by atoms with Gasteiger partial charge in [0.2, 0.25) is 0 Å². The molecule has 3 aromatic carbocycles. The van der Waals surface area contributed by atoms with Crippen LogP contribution >= 0.6 is 11.6 Å². The Hall–Kier alpha value is -3.67. The van der Waals surface area contributed by atoms with E-state index in [-0.39, 0.29) is 17.3 Å². The van der Waals surface area contributed by atoms with Gasteiger partial charge in [-0.15, -0.1) is 0 Å². The van der Waals surface area contributed by atoms with E-state index in [1.165, 1.54) is 19.2 Å². The number of unbranched alkanes of at least 4 members (excludes halogenated alkanes) is 1. The number of aromatic amines is 1. The van der Waals surface area contributed by atoms with Gasteiger partial charge in [0, 0.05) is 31.0 Å². The van der Waals surface area contributed by atoms with E-state index in [0.717, 1.165) is 12.0 Å². The second-order valence-electron chi connectivity index (χ2n) is 11.2. The number of hydrogen-bond acceptors (Lipinski definition) is 7. The zero-order chi connectivity index (χ0) is 30.1. The van der Waals surface area contributed by atoms with E-state index in [4.69, 9.17) is 26.2 Å². The highest BCUT2D eigenvalue weighted by atomic mass is 35.5. The summed E-state index contributed by atoms with van der Waals surface area (Å²) < 4.78 is 20.4. The molecule has 2 unspecified atom stereocenters. The summed E-state index contributed by atoms with van der Waals surface area (Å²) >= 11 is 6.12. The third-order valence-electron chi connectivity index (χ3n) is 8.10. The van der Waals surface area contributed by atoms with E-state index >= 15 is 0 Å². The third-order valence-corrected chi connectivity index (χ3v) is 8.35. The number of aryl methyl sites for hydroxylation is 1. The molecule has 3 heterocycles. The van der Waals surface area contributed by atoms with E-state index in [0.29, 0.717) is 76.5 Å². The van der Waals surface area contributed by atoms with Crippen LogP contribution in [0, 0.1) is 5.82 Å². The number of fused-ring (bicyclic) bond motifs is 2. The number of imidazole rings is 1. The van der Waals surface area contributed by atoms with Crippen LogP contribution in [0.2, 0.25) is 5.02 Å². The van der Waals surface area contributed by atoms with Gasteiger partial charge in [-0.25, -0.2) is 19.8 Å². The fourth-order valence-corrected chi connectivity index (χ4v) is 5.87. The standard InChI is InChI=1S/C32H33ClFN5O4/c1-32(31-37-25-14-10-22(34)16-27(25)38-31)17-20(18-35-43-32)19-7-13-24-26(15-19)36-28(5-3-4-6-29(40)42-2)39(30(24)41)23-11-8-21(33)9-12-23/h7-16,20,29,35,40H,3-6,17-18H2,1-2H3,(H,37,38)/t20?,29?,32-/m0/s1. The number of methoxy groups -OCH3 is 1. The molecule has 0 saturated carbocycles. The van der Waals surface area contributed by atoms with Crippen molar-refractivity contribution in [3.05, 3.63) is 99.1 Å². The molecule has 6 rings (SSSR count). The Kier molecular flexibility index (Phi) is 8.30. The van der Waals surface area contributed by atoms with Crippen molar-refractivity contribution < 1.29 is 19.1 Å². The zero-order valence-corrected chi connectivity index (χ0v) is 24.7. The molecule has 2 aromatic heterocycles. The number of benzene rings is 3. The van der Waals surface area contributed by atoms with Crippen LogP contribution < -0.4 is 11.0 Å². The van der Waals surface area contributed by atoms with Gasteiger partial charge < -0.3 is 14.8 Å². The van der Waals surface area contributed by atoms with Crippen LogP contribution in [0.15, 0.2) is 65.5 Å². The molecule has 5 aromatic rings. The molecule has 1 saturated heterocycles. The van der Waals surface area contributed by atoms with E-state index in [2.05, 4.69) is 15.4 Å². The summed E-state index contributed by atoms with van der Waals surface area (Å²) in [6.45, 7) is 2.51. The average molecular weight is 606 g/mol. The van der Waals surface area contributed by atoms with Gasteiger partial charge in [0.1, 0.15) is 23.1 Å². The van der Waals surface area contributed by atoms with Crippen molar-refractivity contribution in [3.8, 4) is 5.69 Å². The van der Waals surface area contributed by atoms with Gasteiger partial charge in [-0.1, -0.05) is 17.7 Å². The second-order valence-corrected chi connectivity index (χ2v) is 11.6. The summed E-state index contributed by atoms with van der Waals surface area (Å²) in [5.74, 6) is 0.941. The second kappa shape index (κ2) is 12.1. The molecule has 0 amide bonds. The molecule has 1 aliphatic rings. The minimum absolute atomic E-state index is 0.0348. The van der Waals surface area contributed by atoms with Crippen LogP contribution in [0.3, 0.4) is 0 Å². The topological polar surface area (TPSA) is 114 Å². The van der Waals surface area contributed by atoms with E-state index in [9.17, 15) is 14.3 Å². The van der Waals surface area contributed by atoms with E-state index in [1.54, 1.807) is 22.8 Å². The smallest absolute Gasteiger partial charge is 0.265 e. The predicted molar refractivity (Wildman–Crippen MR) is 163 cm³/mol. The maximum absolute atomic E-state index is 13.9. The SMILES string of the molecule is COC(O)CCCCc1nc2cc(C3CNO[C@](C)(c4nc5ccc(F)cc5[nH]4)C3)ccc2c(=O)n1-c1ccc(Cl)cc1. The van der Waals surface area contributed by atoms with Crippen LogP contribution in [0.4, 0.5) is 4.39 Å². The highest BCUT2D eigenvalue weighted by molar-refractivity contribution is 6.30. The van der Waals surface area contributed by atoms with Gasteiger partial charge in [0.15, 0.2) is 6.29 Å². The largest absolute Gasteiger partial charge is 0.368 e. The Morgan fingerprint density at radius 3 is 2.74 bits per heavy atom. The first-order valence-corrected chi connectivity index (χ1v) is 14.7. The minimum atomic E-state index is -0.815. The molecular formula is C32H33ClFN5O4. The van der Waals surface area contributed by atoms with Crippen LogP contribution in [-0.2, 0) is 21.6 Å². The fourth-order valence-electron chi connectivity index (χ4n) is 5.75. The number of aliphatic hydroxyl groups excluding tert-OH is 1. The third kappa shape index (κ3) is 6.07. The monoisotopic (exact) mass is 605 g/mol. The molecule has 0 spiro atoms. The number of H-pyrrole nitrogens is 1. The summed E-state index contributed by atoms with van der Waals surface area (Å²) in [6.07, 6.45) is 2.25. The number of hydrogen-bond donors (Lipinski definition) is 3. The first-order chi connectivity index (χ1) is 20.7. The van der Waals surface area contributed by atoms with Gasteiger partial charge in [0.05, 0.1) is 27.6 Å². The predicted octanol–water partition coefficient (Wildman–Crippen LogP) is 5.66. The van der Waals surface area contributed by atoms with Gasteiger partial charge in [-0.2, -0.15) is 0 Å². The lowest BCUT2D eigenvalue weighted by Gasteiger charge is -2.37. The fraction of sp³-hybridized carbons (Fsp3) is 0.344. The molecule has 224 valence electrons. The molecule has 3 N–H and O–H groups in total. The van der Waals surface area contributed by atoms with Crippen molar-refractivity contribution in [1.82, 2.24) is 25.0 Å². The Morgan fingerprint density at radius 1 is 1.14 bits per heavy atom. The summed E-state index contributed by atoms with van der Waals surface area (Å²) in [6, 6.07) is 17.4. The molecule has 11 heteroatoms. The van der Waals surface area contributed by atoms with E-state index < -0.39 is 11.9 Å². The molecular weight excluding hydrogens is 573 g/mol. The number of aliphatic hydroxyl groups is 1. The lowest BCUT2D eigenvalue weighted by Crippen LogP contribution is -2.43. The van der Waals surface area contributed by atoms with Crippen molar-refractivity contribution in [3.63, 3.8) is 0 Å². The van der Waals surface area contributed by atoms with Crippen LogP contribution in [0.1, 0.15) is 55.7 Å². The summed E-state index contributed by atoms with van der Waals surface area (Å²) in [5, 5.41) is 10.9. The number of nitrogens with one attached hydrogen (secondary N) is 2. The summed E-state index contributed by atoms with van der Waals surface area (Å²) in [4.78, 5) is 32.7. The van der Waals surface area contributed by atoms with Crippen molar-refractivity contribution in [2.45, 2.75) is 56.8 Å². The van der Waals surface area contributed by atoms with Gasteiger partial charge in [-0.05, 0) is 92.8 Å². The zero-order valence-electron chi connectivity index (χ0n) is 23.9. The van der Waals surface area contributed by atoms with Crippen LogP contribution in [-0.4, -0.2) is 44.6 Å². The Labute approximate surface area is 252 Å². The molecule has 0 aliphatic carbocycles. The first kappa shape index (κ1) is 29.4. The molecule has 0 bridgehead atoms. The van der Waals surface area contributed by atoms with Crippen molar-refractivity contribution >= 4 is 33.5 Å². The maximum Gasteiger partial charge on any atom is 0.265 e. The highest BCUT2D eigenvalue weighted by Gasteiger charge is 2.39.